The molecule has 24 heteroatoms. The third kappa shape index (κ3) is 28.9. The van der Waals surface area contributed by atoms with Crippen LogP contribution in [0.25, 0.3) is 0 Å². The Hall–Kier alpha value is -2.57. The Bertz CT molecular complexity index is 1870. The molecular weight excluding hydrogens is 1160 g/mol. The predicted octanol–water partition coefficient (Wildman–Crippen LogP) is 4.74. The van der Waals surface area contributed by atoms with Gasteiger partial charge in [0.05, 0.1) is 50.7 Å². The monoisotopic (exact) mass is 1280 g/mol. The number of amides is 2. The Kier molecular flexibility index (Phi) is 42.2. The number of unbranched alkanes of at least 4 members (excludes halogenated alkanes) is 29. The topological polar surface area (TPSA) is 383 Å². The summed E-state index contributed by atoms with van der Waals surface area (Å²) >= 11 is 0. The van der Waals surface area contributed by atoms with E-state index in [0.717, 1.165) is 65.4 Å². The molecule has 89 heavy (non-hydrogen) atoms. The maximum absolute atomic E-state index is 13.5. The number of rotatable bonds is 51. The first-order chi connectivity index (χ1) is 42.8. The lowest BCUT2D eigenvalue weighted by Gasteiger charge is -2.50. The van der Waals surface area contributed by atoms with Crippen molar-refractivity contribution in [3.05, 3.63) is 12.2 Å². The fraction of sp³-hybridized carbons (Fsp3) is 0.923. The average molecular weight is 1280 g/mol. The summed E-state index contributed by atoms with van der Waals surface area (Å²) in [6, 6.07) is -2.71. The second kappa shape index (κ2) is 46.5. The number of carbonyl (C=O) groups is 3. The summed E-state index contributed by atoms with van der Waals surface area (Å²) < 4.78 is 40.0. The molecule has 3 aliphatic heterocycles. The van der Waals surface area contributed by atoms with Gasteiger partial charge in [-0.1, -0.05) is 212 Å². The molecule has 2 amide bonds. The van der Waals surface area contributed by atoms with Gasteiger partial charge in [-0.25, -0.2) is 4.79 Å². The minimum atomic E-state index is -3.04. The van der Waals surface area contributed by atoms with Gasteiger partial charge in [0.1, 0.15) is 73.2 Å². The van der Waals surface area contributed by atoms with Crippen LogP contribution in [0.4, 0.5) is 0 Å². The second-order valence-electron chi connectivity index (χ2n) is 25.0. The van der Waals surface area contributed by atoms with Crippen molar-refractivity contribution in [1.29, 1.82) is 0 Å². The molecule has 3 unspecified atom stereocenters. The smallest absolute Gasteiger partial charge is 0.364 e. The maximum atomic E-state index is 13.5. The van der Waals surface area contributed by atoms with Crippen LogP contribution in [0.5, 0.6) is 0 Å². The summed E-state index contributed by atoms with van der Waals surface area (Å²) in [6.45, 7) is 2.25. The molecule has 3 heterocycles. The van der Waals surface area contributed by atoms with Crippen molar-refractivity contribution in [2.45, 2.75) is 349 Å². The summed E-state index contributed by atoms with van der Waals surface area (Å²) in [7, 11) is 1.11. The van der Waals surface area contributed by atoms with Crippen LogP contribution in [0.15, 0.2) is 12.2 Å². The van der Waals surface area contributed by atoms with Crippen LogP contribution in [0.1, 0.15) is 233 Å². The molecule has 0 spiro atoms. The zero-order valence-electron chi connectivity index (χ0n) is 54.2. The number of aliphatic carboxylic acids is 1. The fourth-order valence-corrected chi connectivity index (χ4v) is 12.0. The van der Waals surface area contributed by atoms with E-state index in [1.54, 1.807) is 6.08 Å². The van der Waals surface area contributed by atoms with E-state index in [-0.39, 0.29) is 6.42 Å². The van der Waals surface area contributed by atoms with E-state index in [4.69, 9.17) is 33.2 Å². The van der Waals surface area contributed by atoms with E-state index >= 15 is 0 Å². The van der Waals surface area contributed by atoms with Gasteiger partial charge >= 0.3 is 5.97 Å². The number of aliphatic hydroxyl groups excluding tert-OH is 11. The molecule has 3 saturated heterocycles. The van der Waals surface area contributed by atoms with Gasteiger partial charge in [-0.05, 0) is 19.3 Å². The van der Waals surface area contributed by atoms with Crippen LogP contribution in [0, 0.1) is 0 Å². The minimum absolute atomic E-state index is 0.187. The van der Waals surface area contributed by atoms with Crippen molar-refractivity contribution in [1.82, 2.24) is 10.6 Å². The third-order valence-corrected chi connectivity index (χ3v) is 17.6. The van der Waals surface area contributed by atoms with Crippen molar-refractivity contribution in [3.63, 3.8) is 0 Å². The Morgan fingerprint density at radius 1 is 0.618 bits per heavy atom. The van der Waals surface area contributed by atoms with Crippen molar-refractivity contribution >= 4 is 17.8 Å². The number of allylic oxidation sites excluding steroid dienone is 1. The lowest BCUT2D eigenvalue weighted by Crippen LogP contribution is -2.71. The number of carboxylic acid groups (broad SMARTS) is 1. The molecule has 0 saturated carbocycles. The molecule has 3 rings (SSSR count). The van der Waals surface area contributed by atoms with Gasteiger partial charge in [-0.2, -0.15) is 0 Å². The zero-order valence-corrected chi connectivity index (χ0v) is 54.2. The van der Waals surface area contributed by atoms with E-state index < -0.39 is 167 Å². The first kappa shape index (κ1) is 80.7. The van der Waals surface area contributed by atoms with Gasteiger partial charge in [-0.3, -0.25) is 9.59 Å². The van der Waals surface area contributed by atoms with Crippen LogP contribution in [0.3, 0.4) is 0 Å². The third-order valence-electron chi connectivity index (χ3n) is 17.6. The van der Waals surface area contributed by atoms with E-state index in [1.165, 1.54) is 141 Å². The van der Waals surface area contributed by atoms with E-state index in [9.17, 15) is 75.7 Å². The molecule has 14 N–H and O–H groups in total. The van der Waals surface area contributed by atoms with Gasteiger partial charge in [-0.15, -0.1) is 0 Å². The zero-order chi connectivity index (χ0) is 65.6. The van der Waals surface area contributed by atoms with Gasteiger partial charge in [0, 0.05) is 20.5 Å². The number of nitrogens with one attached hydrogen (secondary N) is 2. The molecule has 3 fully saturated rings. The second-order valence-corrected chi connectivity index (χ2v) is 25.0. The summed E-state index contributed by atoms with van der Waals surface area (Å²) in [5.41, 5.74) is 0. The van der Waals surface area contributed by atoms with E-state index in [1.807, 2.05) is 0 Å². The number of aliphatic hydroxyl groups is 11. The molecule has 0 bridgehead atoms. The van der Waals surface area contributed by atoms with Crippen molar-refractivity contribution < 1.29 is 109 Å². The van der Waals surface area contributed by atoms with Crippen molar-refractivity contribution in [3.8, 4) is 0 Å². The molecule has 0 aromatic heterocycles. The fourth-order valence-electron chi connectivity index (χ4n) is 12.0. The molecule has 0 aromatic carbocycles. The Labute approximate surface area is 529 Å². The lowest BCUT2D eigenvalue weighted by atomic mass is 9.88. The summed E-state index contributed by atoms with van der Waals surface area (Å²) in [5, 5.41) is 137. The standard InChI is InChI=1S/C65H120N2O22/c1-5-7-9-11-13-15-17-19-21-22-23-24-26-28-30-32-34-36-38-47(73)61(80)67-45(46(72)37-35-33-31-29-27-25-20-18-16-14-12-10-8-6-2)43-84-62-56(78)55(77)58(51(42-70)86-62)87-63-57(79)60(54(76)50(41-69)85-63)89-65(64(81)82)39-48(74)52(66-44(3)71)59(88-65)53(75)49(40-68)83-4/h35,37,45-60,62-63,68-70,72-79H,5-34,36,38-43H2,1-4H3,(H,66,71)(H,67,80)(H,81,82)/b37-35+/t45-,46+,47+,48-,49?,50+,51+,52+,53?,54-,55?,56+,57+,58+,59+,60-,62+,63-,65-/m0/s1. The van der Waals surface area contributed by atoms with Crippen LogP contribution < -0.4 is 10.6 Å². The largest absolute Gasteiger partial charge is 0.477 e. The number of ether oxygens (including phenoxy) is 7. The minimum Gasteiger partial charge on any atom is -0.477 e. The quantitative estimate of drug-likeness (QED) is 0.0289. The molecular formula is C65H120N2O22. The Balaban J connectivity index is 1.65. The van der Waals surface area contributed by atoms with E-state index in [0.29, 0.717) is 12.8 Å². The average Bonchev–Trinajstić information content (AvgIpc) is 0.816. The Morgan fingerprint density at radius 2 is 1.10 bits per heavy atom. The highest BCUT2D eigenvalue weighted by Crippen LogP contribution is 2.39. The number of methoxy groups -OCH3 is 1. The first-order valence-corrected chi connectivity index (χ1v) is 34.1. The van der Waals surface area contributed by atoms with E-state index in [2.05, 4.69) is 24.5 Å². The highest BCUT2D eigenvalue weighted by molar-refractivity contribution is 5.80. The number of hydrogen-bond acceptors (Lipinski definition) is 21. The van der Waals surface area contributed by atoms with Crippen molar-refractivity contribution in [2.24, 2.45) is 0 Å². The molecule has 19 atom stereocenters. The number of carboxylic acids is 1. The lowest BCUT2D eigenvalue weighted by molar-refractivity contribution is -0.386. The summed E-state index contributed by atoms with van der Waals surface area (Å²) in [4.78, 5) is 38.8. The van der Waals surface area contributed by atoms with Gasteiger partial charge in [0.2, 0.25) is 11.8 Å². The van der Waals surface area contributed by atoms with Crippen LogP contribution in [-0.2, 0) is 47.5 Å². The van der Waals surface area contributed by atoms with Gasteiger partial charge < -0.3 is 105 Å². The summed E-state index contributed by atoms with van der Waals surface area (Å²) in [6.07, 6.45) is 9.83. The maximum Gasteiger partial charge on any atom is 0.364 e. The van der Waals surface area contributed by atoms with Gasteiger partial charge in [0.25, 0.3) is 5.79 Å². The van der Waals surface area contributed by atoms with Crippen LogP contribution >= 0.6 is 0 Å². The number of carbonyl (C=O) groups excluding carboxylic acids is 2. The van der Waals surface area contributed by atoms with Crippen LogP contribution in [-0.4, -0.2) is 229 Å². The molecule has 0 aromatic rings. The summed E-state index contributed by atoms with van der Waals surface area (Å²) in [5.74, 6) is -6.46. The highest BCUT2D eigenvalue weighted by atomic mass is 16.8. The number of hydrogen-bond donors (Lipinski definition) is 14. The molecule has 3 aliphatic rings. The van der Waals surface area contributed by atoms with Crippen LogP contribution in [0.2, 0.25) is 0 Å². The SMILES string of the molecule is CCCCCCCCCCCCCC/C=C/[C@@H](O)[C@H](CO[C@@H]1O[C@H](CO)[C@@H](O[C@@H]2O[C@H](CO)[C@H](O)[C@H](O[C@]3(C(=O)O)C[C@H](O)[C@@H](NC(C)=O)[C@H](C(O)C(CO)OC)O3)[C@H]2O)C(O)[C@H]1O)NC(=O)[C@H](O)CCCCCCCCCCCCCCCCCCCC. The molecule has 522 valence electrons. The Morgan fingerprint density at radius 3 is 1.56 bits per heavy atom. The van der Waals surface area contributed by atoms with Crippen molar-refractivity contribution in [2.75, 3.05) is 33.5 Å². The predicted molar refractivity (Wildman–Crippen MR) is 331 cm³/mol. The first-order valence-electron chi connectivity index (χ1n) is 34.1. The van der Waals surface area contributed by atoms with Gasteiger partial charge in [0.15, 0.2) is 12.6 Å². The highest BCUT2D eigenvalue weighted by Gasteiger charge is 2.60. The molecule has 0 aliphatic carbocycles. The molecule has 24 nitrogen and oxygen atoms in total. The normalized spacial score (nSPS) is 29.2. The molecule has 0 radical (unpaired) electrons.